The number of anilines is 1. The standard InChI is InChI=1S/C11H16N4O/c1-8-4-5-15-10(6-8)13-11(14-15)12-7-9(2)16-3/h4-6,9H,7H2,1-3H3,(H,12,14). The Kier molecular flexibility index (Phi) is 3.05. The Morgan fingerprint density at radius 1 is 1.56 bits per heavy atom. The van der Waals surface area contributed by atoms with Crippen LogP contribution in [0.5, 0.6) is 0 Å². The predicted octanol–water partition coefficient (Wildman–Crippen LogP) is 1.48. The van der Waals surface area contributed by atoms with E-state index < -0.39 is 0 Å². The minimum absolute atomic E-state index is 0.147. The van der Waals surface area contributed by atoms with Gasteiger partial charge >= 0.3 is 0 Å². The highest BCUT2D eigenvalue weighted by molar-refractivity contribution is 5.45. The molecule has 0 aromatic carbocycles. The number of hydrogen-bond acceptors (Lipinski definition) is 4. The number of fused-ring (bicyclic) bond motifs is 1. The van der Waals surface area contributed by atoms with Crippen LogP contribution >= 0.6 is 0 Å². The van der Waals surface area contributed by atoms with Gasteiger partial charge < -0.3 is 10.1 Å². The number of aryl methyl sites for hydroxylation is 1. The van der Waals surface area contributed by atoms with Crippen molar-refractivity contribution >= 4 is 11.6 Å². The summed E-state index contributed by atoms with van der Waals surface area (Å²) < 4.78 is 6.90. The summed E-state index contributed by atoms with van der Waals surface area (Å²) in [5.74, 6) is 0.634. The zero-order valence-corrected chi connectivity index (χ0v) is 9.77. The van der Waals surface area contributed by atoms with Crippen LogP contribution in [-0.2, 0) is 4.74 Å². The molecule has 16 heavy (non-hydrogen) atoms. The average molecular weight is 220 g/mol. The molecule has 1 atom stereocenters. The molecular weight excluding hydrogens is 204 g/mol. The van der Waals surface area contributed by atoms with E-state index in [1.54, 1.807) is 11.6 Å². The molecule has 0 fully saturated rings. The van der Waals surface area contributed by atoms with Crippen molar-refractivity contribution in [1.82, 2.24) is 14.6 Å². The number of methoxy groups -OCH3 is 1. The first kappa shape index (κ1) is 10.9. The summed E-state index contributed by atoms with van der Waals surface area (Å²) >= 11 is 0. The van der Waals surface area contributed by atoms with Gasteiger partial charge in [0.25, 0.3) is 0 Å². The second-order valence-electron chi connectivity index (χ2n) is 3.87. The molecule has 0 amide bonds. The van der Waals surface area contributed by atoms with E-state index in [1.807, 2.05) is 32.2 Å². The van der Waals surface area contributed by atoms with E-state index in [2.05, 4.69) is 15.4 Å². The molecule has 0 radical (unpaired) electrons. The third kappa shape index (κ3) is 2.30. The Bertz CT molecular complexity index is 480. The van der Waals surface area contributed by atoms with E-state index in [-0.39, 0.29) is 6.10 Å². The van der Waals surface area contributed by atoms with Gasteiger partial charge in [0.1, 0.15) is 0 Å². The molecule has 2 aromatic heterocycles. The summed E-state index contributed by atoms with van der Waals surface area (Å²) in [6, 6.07) is 4.00. The molecule has 0 aliphatic rings. The van der Waals surface area contributed by atoms with Gasteiger partial charge in [-0.2, -0.15) is 4.98 Å². The van der Waals surface area contributed by atoms with Crippen LogP contribution in [-0.4, -0.2) is 34.4 Å². The summed E-state index contributed by atoms with van der Waals surface area (Å²) in [5, 5.41) is 7.44. The lowest BCUT2D eigenvalue weighted by atomic mass is 10.3. The molecule has 0 saturated carbocycles. The van der Waals surface area contributed by atoms with Gasteiger partial charge in [-0.1, -0.05) is 0 Å². The monoisotopic (exact) mass is 220 g/mol. The number of aromatic nitrogens is 3. The largest absolute Gasteiger partial charge is 0.380 e. The van der Waals surface area contributed by atoms with Crippen LogP contribution in [0.4, 0.5) is 5.95 Å². The van der Waals surface area contributed by atoms with E-state index >= 15 is 0 Å². The first-order valence-electron chi connectivity index (χ1n) is 5.29. The fourth-order valence-corrected chi connectivity index (χ4v) is 1.38. The Balaban J connectivity index is 2.13. The highest BCUT2D eigenvalue weighted by atomic mass is 16.5. The number of ether oxygens (including phenoxy) is 1. The van der Waals surface area contributed by atoms with E-state index in [1.165, 1.54) is 5.56 Å². The SMILES string of the molecule is COC(C)CNc1nc2cc(C)ccn2n1. The molecule has 5 heteroatoms. The zero-order chi connectivity index (χ0) is 11.5. The fourth-order valence-electron chi connectivity index (χ4n) is 1.38. The highest BCUT2D eigenvalue weighted by Gasteiger charge is 2.04. The predicted molar refractivity (Wildman–Crippen MR) is 62.7 cm³/mol. The van der Waals surface area contributed by atoms with Crippen LogP contribution in [0.1, 0.15) is 12.5 Å². The van der Waals surface area contributed by atoms with Gasteiger partial charge in [-0.15, -0.1) is 5.10 Å². The van der Waals surface area contributed by atoms with Crippen LogP contribution in [0.25, 0.3) is 5.65 Å². The average Bonchev–Trinajstić information content (AvgIpc) is 2.67. The summed E-state index contributed by atoms with van der Waals surface area (Å²) in [7, 11) is 1.69. The molecule has 0 saturated heterocycles. The maximum atomic E-state index is 5.14. The smallest absolute Gasteiger partial charge is 0.243 e. The molecule has 2 rings (SSSR count). The van der Waals surface area contributed by atoms with Crippen molar-refractivity contribution in [2.24, 2.45) is 0 Å². The maximum Gasteiger partial charge on any atom is 0.243 e. The second-order valence-corrected chi connectivity index (χ2v) is 3.87. The van der Waals surface area contributed by atoms with Crippen LogP contribution < -0.4 is 5.32 Å². The topological polar surface area (TPSA) is 51.5 Å². The van der Waals surface area contributed by atoms with E-state index in [9.17, 15) is 0 Å². The van der Waals surface area contributed by atoms with Crippen LogP contribution in [0.15, 0.2) is 18.3 Å². The minimum atomic E-state index is 0.147. The quantitative estimate of drug-likeness (QED) is 0.848. The van der Waals surface area contributed by atoms with Crippen molar-refractivity contribution in [3.63, 3.8) is 0 Å². The molecule has 1 N–H and O–H groups in total. The van der Waals surface area contributed by atoms with Crippen molar-refractivity contribution in [3.8, 4) is 0 Å². The number of nitrogens with one attached hydrogen (secondary N) is 1. The first-order chi connectivity index (χ1) is 7.69. The fraction of sp³-hybridized carbons (Fsp3) is 0.455. The van der Waals surface area contributed by atoms with Crippen LogP contribution in [0.2, 0.25) is 0 Å². The van der Waals surface area contributed by atoms with Gasteiger partial charge in [0.05, 0.1) is 6.10 Å². The molecule has 1 unspecified atom stereocenters. The van der Waals surface area contributed by atoms with Crippen LogP contribution in [0, 0.1) is 6.92 Å². The van der Waals surface area contributed by atoms with Gasteiger partial charge in [-0.05, 0) is 31.5 Å². The van der Waals surface area contributed by atoms with Crippen molar-refractivity contribution in [2.75, 3.05) is 19.0 Å². The summed E-state index contributed by atoms with van der Waals surface area (Å²) in [6.45, 7) is 4.73. The van der Waals surface area contributed by atoms with Gasteiger partial charge in [-0.3, -0.25) is 0 Å². The Morgan fingerprint density at radius 2 is 2.38 bits per heavy atom. The third-order valence-corrected chi connectivity index (χ3v) is 2.44. The highest BCUT2D eigenvalue weighted by Crippen LogP contribution is 2.07. The first-order valence-corrected chi connectivity index (χ1v) is 5.29. The third-order valence-electron chi connectivity index (χ3n) is 2.44. The van der Waals surface area contributed by atoms with Gasteiger partial charge in [0, 0.05) is 19.9 Å². The number of pyridine rings is 1. The molecule has 0 aliphatic heterocycles. The summed E-state index contributed by atoms with van der Waals surface area (Å²) in [5.41, 5.74) is 2.03. The van der Waals surface area contributed by atoms with Gasteiger partial charge in [0.2, 0.25) is 5.95 Å². The summed E-state index contributed by atoms with van der Waals surface area (Å²) in [4.78, 5) is 4.36. The molecule has 0 aliphatic carbocycles. The lowest BCUT2D eigenvalue weighted by molar-refractivity contribution is 0.128. The van der Waals surface area contributed by atoms with E-state index in [0.717, 1.165) is 5.65 Å². The van der Waals surface area contributed by atoms with Crippen molar-refractivity contribution in [3.05, 3.63) is 23.9 Å². The molecule has 0 bridgehead atoms. The van der Waals surface area contributed by atoms with Gasteiger partial charge in [-0.25, -0.2) is 4.52 Å². The molecule has 5 nitrogen and oxygen atoms in total. The number of hydrogen-bond donors (Lipinski definition) is 1. The van der Waals surface area contributed by atoms with Crippen LogP contribution in [0.3, 0.4) is 0 Å². The lowest BCUT2D eigenvalue weighted by Gasteiger charge is -2.08. The van der Waals surface area contributed by atoms with Crippen molar-refractivity contribution < 1.29 is 4.74 Å². The second kappa shape index (κ2) is 4.49. The Morgan fingerprint density at radius 3 is 3.12 bits per heavy atom. The Hall–Kier alpha value is -1.62. The maximum absolute atomic E-state index is 5.14. The zero-order valence-electron chi connectivity index (χ0n) is 9.77. The van der Waals surface area contributed by atoms with E-state index in [0.29, 0.717) is 12.5 Å². The molecular formula is C11H16N4O. The number of nitrogens with zero attached hydrogens (tertiary/aromatic N) is 3. The summed E-state index contributed by atoms with van der Waals surface area (Å²) in [6.07, 6.45) is 2.05. The number of rotatable bonds is 4. The molecule has 2 heterocycles. The van der Waals surface area contributed by atoms with Crippen molar-refractivity contribution in [2.45, 2.75) is 20.0 Å². The van der Waals surface area contributed by atoms with Gasteiger partial charge in [0.15, 0.2) is 5.65 Å². The minimum Gasteiger partial charge on any atom is -0.380 e. The van der Waals surface area contributed by atoms with E-state index in [4.69, 9.17) is 4.74 Å². The van der Waals surface area contributed by atoms with Crippen molar-refractivity contribution in [1.29, 1.82) is 0 Å². The Labute approximate surface area is 94.4 Å². The lowest BCUT2D eigenvalue weighted by Crippen LogP contribution is -2.18. The molecule has 2 aromatic rings. The molecule has 86 valence electrons. The molecule has 0 spiro atoms. The normalized spacial score (nSPS) is 12.9.